The van der Waals surface area contributed by atoms with Crippen LogP contribution in [0.5, 0.6) is 5.75 Å². The van der Waals surface area contributed by atoms with Crippen LogP contribution < -0.4 is 10.1 Å². The first-order valence-electron chi connectivity index (χ1n) is 14.6. The number of aromatic nitrogens is 1. The molecule has 4 heterocycles. The summed E-state index contributed by atoms with van der Waals surface area (Å²) in [5.74, 6) is 1.60. The second-order valence-corrected chi connectivity index (χ2v) is 11.8. The molecule has 0 spiro atoms. The number of piperidine rings is 1. The topological polar surface area (TPSA) is 91.5 Å². The minimum atomic E-state index is -0.209. The van der Waals surface area contributed by atoms with Crippen molar-refractivity contribution in [1.82, 2.24) is 14.4 Å². The third kappa shape index (κ3) is 5.17. The summed E-state index contributed by atoms with van der Waals surface area (Å²) in [6.45, 7) is 1.86. The summed E-state index contributed by atoms with van der Waals surface area (Å²) in [5, 5.41) is 4.05. The first-order valence-corrected chi connectivity index (χ1v) is 14.6. The number of ether oxygens (including phenoxy) is 1. The van der Waals surface area contributed by atoms with Crippen molar-refractivity contribution >= 4 is 40.5 Å². The fourth-order valence-electron chi connectivity index (χ4n) is 6.28. The molecule has 3 aliphatic rings. The number of rotatable bonds is 7. The van der Waals surface area contributed by atoms with E-state index in [-0.39, 0.29) is 17.7 Å². The minimum absolute atomic E-state index is 0.166. The quantitative estimate of drug-likeness (QED) is 0.424. The average Bonchev–Trinajstić information content (AvgIpc) is 3.51. The number of anilines is 1. The first kappa shape index (κ1) is 28.6. The molecular weight excluding hydrogens is 542 g/mol. The zero-order valence-corrected chi connectivity index (χ0v) is 25.4. The van der Waals surface area contributed by atoms with Crippen LogP contribution in [0.1, 0.15) is 28.9 Å². The van der Waals surface area contributed by atoms with Crippen molar-refractivity contribution in [3.63, 3.8) is 0 Å². The lowest BCUT2D eigenvalue weighted by atomic mass is 9.92. The van der Waals surface area contributed by atoms with Crippen LogP contribution in [0.25, 0.3) is 10.9 Å². The number of aliphatic imine (C=N–C) groups is 2. The van der Waals surface area contributed by atoms with E-state index in [1.807, 2.05) is 96.5 Å². The summed E-state index contributed by atoms with van der Waals surface area (Å²) >= 11 is 0. The van der Waals surface area contributed by atoms with Gasteiger partial charge in [0.05, 0.1) is 44.4 Å². The van der Waals surface area contributed by atoms with E-state index >= 15 is 0 Å². The fraction of sp³-hybridized carbons (Fsp3) is 0.333. The fourth-order valence-corrected chi connectivity index (χ4v) is 6.28. The Balaban J connectivity index is 1.25. The molecule has 0 saturated carbocycles. The Morgan fingerprint density at radius 1 is 1.12 bits per heavy atom. The van der Waals surface area contributed by atoms with Crippen LogP contribution in [0.2, 0.25) is 0 Å². The summed E-state index contributed by atoms with van der Waals surface area (Å²) < 4.78 is 8.05. The minimum Gasteiger partial charge on any atom is -0.495 e. The van der Waals surface area contributed by atoms with Gasteiger partial charge in [0.25, 0.3) is 5.91 Å². The normalized spacial score (nSPS) is 20.1. The molecule has 43 heavy (non-hydrogen) atoms. The van der Waals surface area contributed by atoms with Gasteiger partial charge in [0, 0.05) is 37.0 Å². The number of benzene rings is 2. The predicted octanol–water partition coefficient (Wildman–Crippen LogP) is 4.21. The third-order valence-electron chi connectivity index (χ3n) is 8.66. The number of amidine groups is 1. The average molecular weight is 581 g/mol. The van der Waals surface area contributed by atoms with E-state index in [9.17, 15) is 9.59 Å². The number of carbonyl (C=O) groups excluding carboxylic acids is 2. The van der Waals surface area contributed by atoms with Crippen molar-refractivity contribution in [2.24, 2.45) is 23.0 Å². The summed E-state index contributed by atoms with van der Waals surface area (Å²) in [6, 6.07) is 15.6. The van der Waals surface area contributed by atoms with Crippen molar-refractivity contribution in [2.45, 2.75) is 12.8 Å². The second-order valence-electron chi connectivity index (χ2n) is 11.8. The summed E-state index contributed by atoms with van der Waals surface area (Å²) in [7, 11) is 9.44. The SMILES string of the molecule is COc1cc(C2=NC(C3CCN(C(=O)CN(C)C)CC3)=C3C=NC=C[N+]23C)ccc1NC(=O)c1cc2ccccc2n1C. The standard InChI is InChI=1S/C33H37N7O3/c1-37(2)21-30(41)39-15-12-22(13-16-39)31-28-20-34-14-17-40(28,4)32(36-31)24-10-11-25(29(19-24)43-5)35-33(42)27-18-23-8-6-7-9-26(23)38(27)3/h6-11,14,17-20,22H,12-13,15-16,21H2,1-5H3/p+1. The number of nitrogens with zero attached hydrogens (tertiary/aromatic N) is 6. The monoisotopic (exact) mass is 580 g/mol. The van der Waals surface area contributed by atoms with Crippen LogP contribution >= 0.6 is 0 Å². The Hall–Kier alpha value is -4.54. The lowest BCUT2D eigenvalue weighted by Crippen LogP contribution is -2.44. The number of likely N-dealkylation sites (N-methyl/N-ethyl adjacent to an activating group) is 1. The van der Waals surface area contributed by atoms with Gasteiger partial charge in [-0.15, -0.1) is 0 Å². The number of allylic oxidation sites excluding steroid dienone is 2. The lowest BCUT2D eigenvalue weighted by molar-refractivity contribution is -0.713. The maximum Gasteiger partial charge on any atom is 0.272 e. The number of fused-ring (bicyclic) bond motifs is 2. The van der Waals surface area contributed by atoms with E-state index < -0.39 is 0 Å². The molecule has 0 aliphatic carbocycles. The largest absolute Gasteiger partial charge is 0.495 e. The van der Waals surface area contributed by atoms with Crippen LogP contribution in [0.4, 0.5) is 5.69 Å². The molecule has 1 unspecified atom stereocenters. The van der Waals surface area contributed by atoms with E-state index in [2.05, 4.69) is 17.4 Å². The first-order chi connectivity index (χ1) is 20.7. The molecule has 2 aromatic carbocycles. The number of hydrogen-bond donors (Lipinski definition) is 1. The maximum absolute atomic E-state index is 13.3. The molecule has 0 radical (unpaired) electrons. The lowest BCUT2D eigenvalue weighted by Gasteiger charge is -2.33. The van der Waals surface area contributed by atoms with Crippen molar-refractivity contribution in [1.29, 1.82) is 0 Å². The molecule has 1 fully saturated rings. The molecule has 1 atom stereocenters. The highest BCUT2D eigenvalue weighted by atomic mass is 16.5. The van der Waals surface area contributed by atoms with Gasteiger partial charge in [-0.3, -0.25) is 14.6 Å². The van der Waals surface area contributed by atoms with Gasteiger partial charge in [-0.25, -0.2) is 4.48 Å². The highest BCUT2D eigenvalue weighted by Gasteiger charge is 2.45. The summed E-state index contributed by atoms with van der Waals surface area (Å²) in [4.78, 5) is 39.5. The zero-order chi connectivity index (χ0) is 30.3. The molecule has 2 amide bonds. The van der Waals surface area contributed by atoms with Crippen LogP contribution in [0.3, 0.4) is 0 Å². The van der Waals surface area contributed by atoms with Gasteiger partial charge < -0.3 is 24.4 Å². The summed E-state index contributed by atoms with van der Waals surface area (Å²) in [6.07, 6.45) is 7.47. The Morgan fingerprint density at radius 3 is 2.60 bits per heavy atom. The molecule has 0 bridgehead atoms. The van der Waals surface area contributed by atoms with E-state index in [1.54, 1.807) is 13.3 Å². The highest BCUT2D eigenvalue weighted by Crippen LogP contribution is 2.40. The predicted molar refractivity (Wildman–Crippen MR) is 169 cm³/mol. The van der Waals surface area contributed by atoms with Gasteiger partial charge in [0.1, 0.15) is 23.3 Å². The number of aryl methyl sites for hydroxylation is 1. The van der Waals surface area contributed by atoms with Gasteiger partial charge >= 0.3 is 0 Å². The van der Waals surface area contributed by atoms with Gasteiger partial charge in [-0.2, -0.15) is 4.99 Å². The maximum atomic E-state index is 13.3. The molecule has 6 rings (SSSR count). The second kappa shape index (κ2) is 11.3. The Kier molecular flexibility index (Phi) is 7.49. The van der Waals surface area contributed by atoms with E-state index in [4.69, 9.17) is 9.73 Å². The molecular formula is C33H38N7O3+. The number of methoxy groups -OCH3 is 1. The number of carbonyl (C=O) groups is 2. The molecule has 10 nitrogen and oxygen atoms in total. The van der Waals surface area contributed by atoms with Crippen LogP contribution in [0, 0.1) is 5.92 Å². The molecule has 3 aromatic rings. The van der Waals surface area contributed by atoms with Crippen molar-refractivity contribution in [2.75, 3.05) is 53.2 Å². The number of nitrogens with one attached hydrogen (secondary N) is 1. The number of quaternary nitrogens is 1. The number of amides is 2. The molecule has 1 aromatic heterocycles. The zero-order valence-electron chi connectivity index (χ0n) is 25.4. The van der Waals surface area contributed by atoms with Gasteiger partial charge in [0.2, 0.25) is 11.7 Å². The Bertz CT molecular complexity index is 1720. The number of hydrogen-bond acceptors (Lipinski definition) is 6. The summed E-state index contributed by atoms with van der Waals surface area (Å²) in [5.41, 5.74) is 5.11. The molecule has 3 aliphatic heterocycles. The smallest absolute Gasteiger partial charge is 0.272 e. The van der Waals surface area contributed by atoms with Crippen molar-refractivity contribution in [3.8, 4) is 5.75 Å². The molecule has 222 valence electrons. The Labute approximate surface area is 251 Å². The Morgan fingerprint density at radius 2 is 1.88 bits per heavy atom. The van der Waals surface area contributed by atoms with Crippen LogP contribution in [-0.2, 0) is 11.8 Å². The van der Waals surface area contributed by atoms with E-state index in [0.717, 1.165) is 46.5 Å². The molecule has 1 saturated heterocycles. The van der Waals surface area contributed by atoms with E-state index in [0.29, 0.717) is 41.2 Å². The van der Waals surface area contributed by atoms with Crippen LogP contribution in [-0.4, -0.2) is 90.6 Å². The van der Waals surface area contributed by atoms with Gasteiger partial charge in [0.15, 0.2) is 5.70 Å². The van der Waals surface area contributed by atoms with Crippen molar-refractivity contribution < 1.29 is 18.8 Å². The molecule has 10 heteroatoms. The van der Waals surface area contributed by atoms with Gasteiger partial charge in [-0.1, -0.05) is 18.2 Å². The van der Waals surface area contributed by atoms with E-state index in [1.165, 1.54) is 0 Å². The third-order valence-corrected chi connectivity index (χ3v) is 8.66. The highest BCUT2D eigenvalue weighted by molar-refractivity contribution is 6.08. The molecule has 1 N–H and O–H groups in total. The van der Waals surface area contributed by atoms with Crippen LogP contribution in [0.15, 0.2) is 82.3 Å². The van der Waals surface area contributed by atoms with Gasteiger partial charge in [-0.05, 0) is 57.3 Å². The van der Waals surface area contributed by atoms with Crippen molar-refractivity contribution in [3.05, 3.63) is 83.6 Å². The number of likely N-dealkylation sites (tertiary alicyclic amines) is 1. The number of para-hydroxylation sites is 1.